The Balaban J connectivity index is 1.37. The van der Waals surface area contributed by atoms with Crippen LogP contribution in [0.2, 0.25) is 0 Å². The summed E-state index contributed by atoms with van der Waals surface area (Å²) in [5.41, 5.74) is 1.19. The van der Waals surface area contributed by atoms with Crippen molar-refractivity contribution in [2.24, 2.45) is 0 Å². The van der Waals surface area contributed by atoms with E-state index in [9.17, 15) is 4.79 Å². The molecule has 0 spiro atoms. The highest BCUT2D eigenvalue weighted by molar-refractivity contribution is 5.77. The molecule has 1 amide bonds. The fraction of sp³-hybridized carbons (Fsp3) is 0.381. The summed E-state index contributed by atoms with van der Waals surface area (Å²) < 4.78 is 16.5. The summed E-state index contributed by atoms with van der Waals surface area (Å²) in [6.07, 6.45) is 0.0899. The summed E-state index contributed by atoms with van der Waals surface area (Å²) in [5, 5.41) is 2.91. The van der Waals surface area contributed by atoms with Crippen LogP contribution in [-0.4, -0.2) is 57.3 Å². The van der Waals surface area contributed by atoms with Gasteiger partial charge in [0, 0.05) is 32.2 Å². The lowest BCUT2D eigenvalue weighted by Crippen LogP contribution is -2.43. The van der Waals surface area contributed by atoms with Crippen LogP contribution in [0.15, 0.2) is 54.6 Å². The van der Waals surface area contributed by atoms with Crippen LogP contribution in [0.5, 0.6) is 11.5 Å². The second-order valence-corrected chi connectivity index (χ2v) is 6.39. The average Bonchev–Trinajstić information content (AvgIpc) is 2.73. The van der Waals surface area contributed by atoms with E-state index in [0.717, 1.165) is 19.6 Å². The standard InChI is InChI=1S/C21H26N2O4/c1-25-18-8-5-9-19(14-18)27-16-21(24)22-10-11-23-12-13-26-20(15-23)17-6-3-2-4-7-17/h2-9,14,20H,10-13,15-16H2,1H3,(H,22,24). The Labute approximate surface area is 160 Å². The Morgan fingerprint density at radius 1 is 1.19 bits per heavy atom. The van der Waals surface area contributed by atoms with Crippen molar-refractivity contribution < 1.29 is 19.0 Å². The SMILES string of the molecule is COc1cccc(OCC(=O)NCCN2CCOC(c3ccccc3)C2)c1. The third-order valence-corrected chi connectivity index (χ3v) is 4.48. The van der Waals surface area contributed by atoms with Gasteiger partial charge in [0.05, 0.1) is 19.8 Å². The molecule has 1 heterocycles. The normalized spacial score (nSPS) is 17.3. The van der Waals surface area contributed by atoms with E-state index in [1.54, 1.807) is 19.2 Å². The second kappa shape index (κ2) is 9.94. The number of rotatable bonds is 8. The van der Waals surface area contributed by atoms with Crippen molar-refractivity contribution in [2.75, 3.05) is 46.5 Å². The maximum absolute atomic E-state index is 12.0. The van der Waals surface area contributed by atoms with Crippen LogP contribution in [0.3, 0.4) is 0 Å². The van der Waals surface area contributed by atoms with Crippen molar-refractivity contribution in [3.63, 3.8) is 0 Å². The van der Waals surface area contributed by atoms with E-state index in [0.29, 0.717) is 24.7 Å². The predicted octanol–water partition coefficient (Wildman–Crippen LogP) is 2.26. The summed E-state index contributed by atoms with van der Waals surface area (Å²) in [7, 11) is 1.60. The highest BCUT2D eigenvalue weighted by Crippen LogP contribution is 2.21. The Morgan fingerprint density at radius 2 is 2.00 bits per heavy atom. The molecule has 0 saturated carbocycles. The van der Waals surface area contributed by atoms with E-state index in [2.05, 4.69) is 22.3 Å². The molecule has 1 aliphatic heterocycles. The fourth-order valence-electron chi connectivity index (χ4n) is 3.02. The van der Waals surface area contributed by atoms with Gasteiger partial charge in [0.1, 0.15) is 11.5 Å². The average molecular weight is 370 g/mol. The number of morpholine rings is 1. The first-order chi connectivity index (χ1) is 13.2. The molecule has 1 fully saturated rings. The largest absolute Gasteiger partial charge is 0.497 e. The Kier molecular flexibility index (Phi) is 7.07. The van der Waals surface area contributed by atoms with Gasteiger partial charge in [0.15, 0.2) is 6.61 Å². The van der Waals surface area contributed by atoms with Gasteiger partial charge in [-0.2, -0.15) is 0 Å². The monoisotopic (exact) mass is 370 g/mol. The van der Waals surface area contributed by atoms with Crippen molar-refractivity contribution in [3.05, 3.63) is 60.2 Å². The number of nitrogens with zero attached hydrogens (tertiary/aromatic N) is 1. The lowest BCUT2D eigenvalue weighted by atomic mass is 10.1. The summed E-state index contributed by atoms with van der Waals surface area (Å²) in [5.74, 6) is 1.18. The third-order valence-electron chi connectivity index (χ3n) is 4.48. The maximum atomic E-state index is 12.0. The van der Waals surface area contributed by atoms with Gasteiger partial charge in [-0.25, -0.2) is 0 Å². The van der Waals surface area contributed by atoms with Crippen molar-refractivity contribution in [2.45, 2.75) is 6.10 Å². The number of carbonyl (C=O) groups excluding carboxylic acids is 1. The Bertz CT molecular complexity index is 723. The highest BCUT2D eigenvalue weighted by Gasteiger charge is 2.21. The number of carbonyl (C=O) groups is 1. The van der Waals surface area contributed by atoms with Gasteiger partial charge in [-0.05, 0) is 17.7 Å². The van der Waals surface area contributed by atoms with Crippen molar-refractivity contribution in [1.82, 2.24) is 10.2 Å². The summed E-state index contributed by atoms with van der Waals surface area (Å²) in [6, 6.07) is 17.5. The molecule has 1 unspecified atom stereocenters. The summed E-state index contributed by atoms with van der Waals surface area (Å²) in [4.78, 5) is 14.3. The molecular formula is C21H26N2O4. The molecule has 144 valence electrons. The molecule has 1 aliphatic rings. The minimum Gasteiger partial charge on any atom is -0.497 e. The molecule has 3 rings (SSSR count). The quantitative estimate of drug-likeness (QED) is 0.772. The van der Waals surface area contributed by atoms with Crippen molar-refractivity contribution in [1.29, 1.82) is 0 Å². The Morgan fingerprint density at radius 3 is 2.81 bits per heavy atom. The van der Waals surface area contributed by atoms with Gasteiger partial charge in [0.2, 0.25) is 0 Å². The molecule has 0 radical (unpaired) electrons. The van der Waals surface area contributed by atoms with Crippen LogP contribution in [0.4, 0.5) is 0 Å². The zero-order valence-electron chi connectivity index (χ0n) is 15.6. The Hall–Kier alpha value is -2.57. The number of benzene rings is 2. The second-order valence-electron chi connectivity index (χ2n) is 6.39. The number of ether oxygens (including phenoxy) is 3. The van der Waals surface area contributed by atoms with Crippen LogP contribution >= 0.6 is 0 Å². The predicted molar refractivity (Wildman–Crippen MR) is 103 cm³/mol. The molecule has 0 aromatic heterocycles. The fourth-order valence-corrected chi connectivity index (χ4v) is 3.02. The van der Waals surface area contributed by atoms with E-state index in [1.807, 2.05) is 30.3 Å². The highest BCUT2D eigenvalue weighted by atomic mass is 16.5. The lowest BCUT2D eigenvalue weighted by molar-refractivity contribution is -0.123. The van der Waals surface area contributed by atoms with Gasteiger partial charge in [-0.3, -0.25) is 9.69 Å². The molecule has 1 saturated heterocycles. The van der Waals surface area contributed by atoms with E-state index >= 15 is 0 Å². The van der Waals surface area contributed by atoms with Crippen LogP contribution < -0.4 is 14.8 Å². The summed E-state index contributed by atoms with van der Waals surface area (Å²) in [6.45, 7) is 3.77. The first kappa shape index (κ1) is 19.2. The molecule has 2 aromatic rings. The van der Waals surface area contributed by atoms with Gasteiger partial charge in [-0.15, -0.1) is 0 Å². The van der Waals surface area contributed by atoms with Crippen molar-refractivity contribution in [3.8, 4) is 11.5 Å². The maximum Gasteiger partial charge on any atom is 0.257 e. The molecule has 1 N–H and O–H groups in total. The molecular weight excluding hydrogens is 344 g/mol. The van der Waals surface area contributed by atoms with Crippen LogP contribution in [-0.2, 0) is 9.53 Å². The van der Waals surface area contributed by atoms with Crippen LogP contribution in [0.25, 0.3) is 0 Å². The van der Waals surface area contributed by atoms with E-state index in [4.69, 9.17) is 14.2 Å². The topological polar surface area (TPSA) is 60.0 Å². The molecule has 0 aliphatic carbocycles. The van der Waals surface area contributed by atoms with Gasteiger partial charge in [0.25, 0.3) is 5.91 Å². The molecule has 1 atom stereocenters. The molecule has 6 heteroatoms. The molecule has 0 bridgehead atoms. The minimum absolute atomic E-state index is 0.0110. The first-order valence-corrected chi connectivity index (χ1v) is 9.17. The number of hydrogen-bond acceptors (Lipinski definition) is 5. The summed E-state index contributed by atoms with van der Waals surface area (Å²) >= 11 is 0. The molecule has 27 heavy (non-hydrogen) atoms. The van der Waals surface area contributed by atoms with E-state index in [-0.39, 0.29) is 18.6 Å². The van der Waals surface area contributed by atoms with Gasteiger partial charge in [-0.1, -0.05) is 36.4 Å². The van der Waals surface area contributed by atoms with Crippen LogP contribution in [0, 0.1) is 0 Å². The molecule has 2 aromatic carbocycles. The zero-order chi connectivity index (χ0) is 18.9. The lowest BCUT2D eigenvalue weighted by Gasteiger charge is -2.33. The smallest absolute Gasteiger partial charge is 0.257 e. The van der Waals surface area contributed by atoms with Crippen molar-refractivity contribution >= 4 is 5.91 Å². The van der Waals surface area contributed by atoms with Gasteiger partial charge < -0.3 is 19.5 Å². The zero-order valence-corrected chi connectivity index (χ0v) is 15.6. The van der Waals surface area contributed by atoms with E-state index < -0.39 is 0 Å². The van der Waals surface area contributed by atoms with Crippen LogP contribution in [0.1, 0.15) is 11.7 Å². The first-order valence-electron chi connectivity index (χ1n) is 9.17. The van der Waals surface area contributed by atoms with E-state index in [1.165, 1.54) is 5.56 Å². The minimum atomic E-state index is -0.134. The number of hydrogen-bond donors (Lipinski definition) is 1. The third kappa shape index (κ3) is 5.98. The molecule has 6 nitrogen and oxygen atoms in total. The number of methoxy groups -OCH3 is 1. The number of nitrogens with one attached hydrogen (secondary N) is 1. The van der Waals surface area contributed by atoms with Gasteiger partial charge >= 0.3 is 0 Å². The number of amides is 1.